The van der Waals surface area contributed by atoms with Crippen LogP contribution in [0.4, 0.5) is 14.9 Å². The average Bonchev–Trinajstić information content (AvgIpc) is 2.97. The molecule has 0 unspecified atom stereocenters. The molecule has 1 aromatic carbocycles. The Morgan fingerprint density at radius 3 is 2.48 bits per heavy atom. The maximum absolute atomic E-state index is 13.2. The summed E-state index contributed by atoms with van der Waals surface area (Å²) in [5, 5.41) is 6.22. The topological polar surface area (TPSA) is 95.8 Å². The van der Waals surface area contributed by atoms with E-state index in [1.54, 1.807) is 13.8 Å². The summed E-state index contributed by atoms with van der Waals surface area (Å²) in [5.41, 5.74) is 0.665. The Morgan fingerprint density at radius 1 is 1.26 bits per heavy atom. The number of anilines is 1. The fourth-order valence-corrected chi connectivity index (χ4v) is 4.77. The molecule has 3 rings (SSSR count). The number of nitrogens with zero attached hydrogens (tertiary/aromatic N) is 3. The summed E-state index contributed by atoms with van der Waals surface area (Å²) in [6.45, 7) is 3.83. The molecule has 0 radical (unpaired) electrons. The van der Waals surface area contributed by atoms with Gasteiger partial charge in [0.15, 0.2) is 5.76 Å². The number of rotatable bonds is 3. The fourth-order valence-electron chi connectivity index (χ4n) is 2.88. The second-order valence-corrected chi connectivity index (χ2v) is 8.39. The van der Waals surface area contributed by atoms with Crippen LogP contribution in [0.25, 0.3) is 0 Å². The van der Waals surface area contributed by atoms with Gasteiger partial charge in [-0.1, -0.05) is 16.8 Å². The first-order valence-corrected chi connectivity index (χ1v) is 9.96. The third-order valence-electron chi connectivity index (χ3n) is 4.26. The Balaban J connectivity index is 1.64. The molecular weight excluding hydrogens is 399 g/mol. The second-order valence-electron chi connectivity index (χ2n) is 6.10. The summed E-state index contributed by atoms with van der Waals surface area (Å²) in [6, 6.07) is 3.46. The first-order valence-electron chi connectivity index (χ1n) is 8.14. The van der Waals surface area contributed by atoms with E-state index in [2.05, 4.69) is 10.5 Å². The summed E-state index contributed by atoms with van der Waals surface area (Å²) >= 11 is 5.70. The zero-order chi connectivity index (χ0) is 19.8. The molecule has 146 valence electrons. The number of carbonyl (C=O) groups excluding carboxylic acids is 1. The van der Waals surface area contributed by atoms with Gasteiger partial charge in [0.05, 0.1) is 5.02 Å². The van der Waals surface area contributed by atoms with Crippen molar-refractivity contribution in [1.29, 1.82) is 0 Å². The minimum atomic E-state index is -3.74. The highest BCUT2D eigenvalue weighted by Crippen LogP contribution is 2.24. The van der Waals surface area contributed by atoms with Crippen LogP contribution in [0.15, 0.2) is 27.6 Å². The van der Waals surface area contributed by atoms with Gasteiger partial charge in [-0.25, -0.2) is 17.6 Å². The van der Waals surface area contributed by atoms with E-state index in [0.717, 1.165) is 6.07 Å². The molecule has 0 atom stereocenters. The standard InChI is InChI=1S/C16H18ClFN4O4S/c1-10-15(11(2)26-20-10)27(24,25)22-7-5-21(6-8-22)16(23)19-12-3-4-14(18)13(17)9-12/h3-4,9H,5-8H2,1-2H3,(H,19,23). The van der Waals surface area contributed by atoms with Crippen molar-refractivity contribution in [2.75, 3.05) is 31.5 Å². The van der Waals surface area contributed by atoms with Gasteiger partial charge in [0, 0.05) is 31.9 Å². The van der Waals surface area contributed by atoms with Crippen LogP contribution in [-0.2, 0) is 10.0 Å². The monoisotopic (exact) mass is 416 g/mol. The maximum Gasteiger partial charge on any atom is 0.321 e. The van der Waals surface area contributed by atoms with Crippen molar-refractivity contribution >= 4 is 33.3 Å². The molecular formula is C16H18ClFN4O4S. The molecule has 0 saturated carbocycles. The van der Waals surface area contributed by atoms with E-state index in [4.69, 9.17) is 16.1 Å². The number of aromatic nitrogens is 1. The minimum absolute atomic E-state index is 0.0707. The molecule has 0 spiro atoms. The number of hydrogen-bond donors (Lipinski definition) is 1. The molecule has 1 aliphatic heterocycles. The smallest absolute Gasteiger partial charge is 0.321 e. The highest BCUT2D eigenvalue weighted by Gasteiger charge is 2.34. The van der Waals surface area contributed by atoms with Gasteiger partial charge < -0.3 is 14.7 Å². The first kappa shape index (κ1) is 19.6. The van der Waals surface area contributed by atoms with Crippen LogP contribution in [0.2, 0.25) is 5.02 Å². The quantitative estimate of drug-likeness (QED) is 0.829. The van der Waals surface area contributed by atoms with Crippen molar-refractivity contribution in [3.05, 3.63) is 40.5 Å². The molecule has 8 nitrogen and oxygen atoms in total. The van der Waals surface area contributed by atoms with Crippen LogP contribution in [0.1, 0.15) is 11.5 Å². The van der Waals surface area contributed by atoms with Gasteiger partial charge >= 0.3 is 6.03 Å². The normalized spacial score (nSPS) is 15.8. The maximum atomic E-state index is 13.2. The predicted octanol–water partition coefficient (Wildman–Crippen LogP) is 2.62. The SMILES string of the molecule is Cc1noc(C)c1S(=O)(=O)N1CCN(C(=O)Nc2ccc(F)c(Cl)c2)CC1. The third kappa shape index (κ3) is 3.92. The van der Waals surface area contributed by atoms with E-state index in [0.29, 0.717) is 11.4 Å². The van der Waals surface area contributed by atoms with Gasteiger partial charge in [-0.2, -0.15) is 4.31 Å². The number of amides is 2. The van der Waals surface area contributed by atoms with Gasteiger partial charge in [-0.05, 0) is 32.0 Å². The highest BCUT2D eigenvalue weighted by atomic mass is 35.5. The molecule has 1 fully saturated rings. The molecule has 2 amide bonds. The van der Waals surface area contributed by atoms with Crippen molar-refractivity contribution in [3.8, 4) is 0 Å². The summed E-state index contributed by atoms with van der Waals surface area (Å²) in [7, 11) is -3.74. The Morgan fingerprint density at radius 2 is 1.93 bits per heavy atom. The predicted molar refractivity (Wildman–Crippen MR) is 96.7 cm³/mol. The lowest BCUT2D eigenvalue weighted by molar-refractivity contribution is 0.184. The third-order valence-corrected chi connectivity index (χ3v) is 6.70. The lowest BCUT2D eigenvalue weighted by Gasteiger charge is -2.33. The van der Waals surface area contributed by atoms with Gasteiger partial charge in [0.1, 0.15) is 16.4 Å². The van der Waals surface area contributed by atoms with E-state index in [1.807, 2.05) is 0 Å². The van der Waals surface area contributed by atoms with Crippen LogP contribution in [0.3, 0.4) is 0 Å². The van der Waals surface area contributed by atoms with Crippen molar-refractivity contribution in [2.24, 2.45) is 0 Å². The minimum Gasteiger partial charge on any atom is -0.360 e. The second kappa shape index (κ2) is 7.45. The number of urea groups is 1. The lowest BCUT2D eigenvalue weighted by Crippen LogP contribution is -2.51. The summed E-state index contributed by atoms with van der Waals surface area (Å²) in [6.07, 6.45) is 0. The van der Waals surface area contributed by atoms with E-state index in [9.17, 15) is 17.6 Å². The van der Waals surface area contributed by atoms with Gasteiger partial charge in [0.25, 0.3) is 0 Å². The largest absolute Gasteiger partial charge is 0.360 e. The zero-order valence-electron chi connectivity index (χ0n) is 14.7. The average molecular weight is 417 g/mol. The molecule has 2 aromatic rings. The summed E-state index contributed by atoms with van der Waals surface area (Å²) in [4.78, 5) is 13.9. The number of halogens is 2. The Labute approximate surface area is 160 Å². The summed E-state index contributed by atoms with van der Waals surface area (Å²) in [5.74, 6) is -0.339. The fraction of sp³-hybridized carbons (Fsp3) is 0.375. The molecule has 1 aromatic heterocycles. The lowest BCUT2D eigenvalue weighted by atomic mass is 10.3. The van der Waals surface area contributed by atoms with Crippen molar-refractivity contribution in [2.45, 2.75) is 18.7 Å². The number of benzene rings is 1. The highest BCUT2D eigenvalue weighted by molar-refractivity contribution is 7.89. The van der Waals surface area contributed by atoms with Crippen LogP contribution in [-0.4, -0.2) is 55.0 Å². The van der Waals surface area contributed by atoms with Crippen molar-refractivity contribution < 1.29 is 22.1 Å². The van der Waals surface area contributed by atoms with Gasteiger partial charge in [-0.15, -0.1) is 0 Å². The van der Waals surface area contributed by atoms with Crippen LogP contribution in [0.5, 0.6) is 0 Å². The first-order chi connectivity index (χ1) is 12.7. The van der Waals surface area contributed by atoms with Gasteiger partial charge in [0.2, 0.25) is 10.0 Å². The molecule has 0 bridgehead atoms. The van der Waals surface area contributed by atoms with E-state index >= 15 is 0 Å². The van der Waals surface area contributed by atoms with E-state index < -0.39 is 21.9 Å². The molecule has 2 heterocycles. The van der Waals surface area contributed by atoms with Crippen LogP contribution in [0, 0.1) is 19.7 Å². The number of piperazine rings is 1. The van der Waals surface area contributed by atoms with Crippen molar-refractivity contribution in [3.63, 3.8) is 0 Å². The molecule has 27 heavy (non-hydrogen) atoms. The molecule has 11 heteroatoms. The number of carbonyl (C=O) groups is 1. The number of aryl methyl sites for hydroxylation is 2. The number of nitrogens with one attached hydrogen (secondary N) is 1. The zero-order valence-corrected chi connectivity index (χ0v) is 16.3. The van der Waals surface area contributed by atoms with Crippen LogP contribution >= 0.6 is 11.6 Å². The Bertz CT molecular complexity index is 951. The Kier molecular flexibility index (Phi) is 5.41. The number of sulfonamides is 1. The van der Waals surface area contributed by atoms with E-state index in [-0.39, 0.29) is 41.9 Å². The molecule has 0 aliphatic carbocycles. The molecule has 1 N–H and O–H groups in total. The summed E-state index contributed by atoms with van der Waals surface area (Å²) < 4.78 is 45.0. The van der Waals surface area contributed by atoms with E-state index in [1.165, 1.54) is 21.3 Å². The molecule has 1 saturated heterocycles. The Hall–Kier alpha value is -2.17. The molecule has 1 aliphatic rings. The van der Waals surface area contributed by atoms with Crippen LogP contribution < -0.4 is 5.32 Å². The van der Waals surface area contributed by atoms with Gasteiger partial charge in [-0.3, -0.25) is 0 Å². The van der Waals surface area contributed by atoms with Crippen molar-refractivity contribution in [1.82, 2.24) is 14.4 Å². The number of hydrogen-bond acceptors (Lipinski definition) is 5.